The van der Waals surface area contributed by atoms with E-state index in [1.54, 1.807) is 4.90 Å². The first-order chi connectivity index (χ1) is 12.3. The number of hydrogen-bond donors (Lipinski definition) is 0. The lowest BCUT2D eigenvalue weighted by Gasteiger charge is -2.30. The van der Waals surface area contributed by atoms with Gasteiger partial charge in [0.05, 0.1) is 22.3 Å². The van der Waals surface area contributed by atoms with Crippen LogP contribution in [0.1, 0.15) is 25.3 Å². The fourth-order valence-corrected chi connectivity index (χ4v) is 2.84. The number of likely N-dealkylation sites (tertiary alicyclic amines) is 1. The molecule has 10 heteroatoms. The molecule has 1 atom stereocenters. The Morgan fingerprint density at radius 2 is 2.00 bits per heavy atom. The Bertz CT molecular complexity index is 735. The Hall–Kier alpha value is -3.04. The van der Waals surface area contributed by atoms with Crippen molar-refractivity contribution in [3.63, 3.8) is 0 Å². The molecule has 0 N–H and O–H groups in total. The van der Waals surface area contributed by atoms with Crippen molar-refractivity contribution in [2.24, 2.45) is 5.92 Å². The summed E-state index contributed by atoms with van der Waals surface area (Å²) in [5, 5.41) is 21.8. The third-order valence-corrected chi connectivity index (χ3v) is 4.18. The molecule has 140 valence electrons. The number of esters is 1. The van der Waals surface area contributed by atoms with Gasteiger partial charge in [-0.3, -0.25) is 29.8 Å². The highest BCUT2D eigenvalue weighted by molar-refractivity contribution is 5.82. The number of amides is 1. The monoisotopic (exact) mass is 365 g/mol. The number of carbonyl (C=O) groups is 2. The molecule has 26 heavy (non-hydrogen) atoms. The minimum atomic E-state index is -0.805. The quantitative estimate of drug-likeness (QED) is 0.426. The van der Waals surface area contributed by atoms with Crippen molar-refractivity contribution in [3.05, 3.63) is 44.0 Å². The third-order valence-electron chi connectivity index (χ3n) is 4.18. The minimum Gasteiger partial charge on any atom is -0.455 e. The summed E-state index contributed by atoms with van der Waals surface area (Å²) in [6.45, 7) is 2.85. The van der Waals surface area contributed by atoms with E-state index in [1.165, 1.54) is 0 Å². The molecule has 0 spiro atoms. The molecule has 1 aromatic carbocycles. The molecule has 2 rings (SSSR count). The van der Waals surface area contributed by atoms with E-state index in [1.807, 2.05) is 6.92 Å². The Morgan fingerprint density at radius 3 is 2.62 bits per heavy atom. The number of ether oxygens (including phenoxy) is 1. The number of nitrogens with zero attached hydrogens (tertiary/aromatic N) is 3. The molecule has 0 saturated carbocycles. The predicted octanol–water partition coefficient (Wildman–Crippen LogP) is 1.85. The number of benzene rings is 1. The van der Waals surface area contributed by atoms with Crippen molar-refractivity contribution in [2.75, 3.05) is 19.7 Å². The lowest BCUT2D eigenvalue weighted by Crippen LogP contribution is -2.41. The largest absolute Gasteiger partial charge is 0.455 e. The van der Waals surface area contributed by atoms with Gasteiger partial charge in [0.1, 0.15) is 0 Å². The highest BCUT2D eigenvalue weighted by atomic mass is 16.6. The number of non-ortho nitro benzene ring substituents is 1. The van der Waals surface area contributed by atoms with Crippen LogP contribution in [0, 0.1) is 26.1 Å². The third kappa shape index (κ3) is 4.98. The van der Waals surface area contributed by atoms with E-state index in [9.17, 15) is 29.8 Å². The van der Waals surface area contributed by atoms with E-state index in [4.69, 9.17) is 4.74 Å². The van der Waals surface area contributed by atoms with Crippen molar-refractivity contribution in [3.8, 4) is 0 Å². The van der Waals surface area contributed by atoms with Gasteiger partial charge in [0, 0.05) is 24.7 Å². The molecule has 0 radical (unpaired) electrons. The van der Waals surface area contributed by atoms with Crippen molar-refractivity contribution < 1.29 is 24.2 Å². The SMILES string of the molecule is CC1CCCN(C(=O)COC(=O)Cc2ccc([N+](=O)[O-])cc2[N+](=O)[O-])C1. The van der Waals surface area contributed by atoms with E-state index in [2.05, 4.69) is 0 Å². The van der Waals surface area contributed by atoms with E-state index in [0.29, 0.717) is 19.0 Å². The van der Waals surface area contributed by atoms with Crippen molar-refractivity contribution in [2.45, 2.75) is 26.2 Å². The molecule has 1 heterocycles. The molecule has 0 aromatic heterocycles. The topological polar surface area (TPSA) is 133 Å². The lowest BCUT2D eigenvalue weighted by atomic mass is 10.0. The molecule has 1 saturated heterocycles. The predicted molar refractivity (Wildman–Crippen MR) is 89.4 cm³/mol. The van der Waals surface area contributed by atoms with Crippen LogP contribution in [0.5, 0.6) is 0 Å². The first-order valence-electron chi connectivity index (χ1n) is 8.13. The molecule has 1 aliphatic rings. The maximum atomic E-state index is 12.1. The highest BCUT2D eigenvalue weighted by Crippen LogP contribution is 2.25. The van der Waals surface area contributed by atoms with Gasteiger partial charge in [-0.2, -0.15) is 0 Å². The molecule has 1 unspecified atom stereocenters. The number of hydrogen-bond acceptors (Lipinski definition) is 7. The van der Waals surface area contributed by atoms with Crippen LogP contribution < -0.4 is 0 Å². The zero-order valence-electron chi connectivity index (χ0n) is 14.3. The molecule has 1 aromatic rings. The Labute approximate surface area is 149 Å². The van der Waals surface area contributed by atoms with E-state index in [0.717, 1.165) is 31.0 Å². The van der Waals surface area contributed by atoms with Gasteiger partial charge in [-0.1, -0.05) is 6.92 Å². The highest BCUT2D eigenvalue weighted by Gasteiger charge is 2.24. The van der Waals surface area contributed by atoms with Crippen LogP contribution in [-0.2, 0) is 20.7 Å². The summed E-state index contributed by atoms with van der Waals surface area (Å²) >= 11 is 0. The van der Waals surface area contributed by atoms with E-state index < -0.39 is 40.2 Å². The van der Waals surface area contributed by atoms with Gasteiger partial charge in [-0.15, -0.1) is 0 Å². The van der Waals surface area contributed by atoms with Gasteiger partial charge < -0.3 is 9.64 Å². The summed E-state index contributed by atoms with van der Waals surface area (Å²) in [7, 11) is 0. The molecular weight excluding hydrogens is 346 g/mol. The molecule has 1 fully saturated rings. The summed E-state index contributed by atoms with van der Waals surface area (Å²) in [4.78, 5) is 45.8. The maximum absolute atomic E-state index is 12.1. The number of nitro groups is 2. The van der Waals surface area contributed by atoms with Gasteiger partial charge >= 0.3 is 5.97 Å². The number of nitro benzene ring substituents is 2. The summed E-state index contributed by atoms with van der Waals surface area (Å²) in [6.07, 6.45) is 1.50. The summed E-state index contributed by atoms with van der Waals surface area (Å²) in [6, 6.07) is 3.02. The van der Waals surface area contributed by atoms with E-state index >= 15 is 0 Å². The minimum absolute atomic E-state index is 0.00959. The van der Waals surface area contributed by atoms with Crippen LogP contribution in [0.3, 0.4) is 0 Å². The van der Waals surface area contributed by atoms with Crippen LogP contribution in [0.2, 0.25) is 0 Å². The molecule has 10 nitrogen and oxygen atoms in total. The van der Waals surface area contributed by atoms with Crippen LogP contribution in [0.4, 0.5) is 11.4 Å². The smallest absolute Gasteiger partial charge is 0.311 e. The zero-order chi connectivity index (χ0) is 19.3. The van der Waals surface area contributed by atoms with Crippen LogP contribution in [-0.4, -0.2) is 46.3 Å². The summed E-state index contributed by atoms with van der Waals surface area (Å²) < 4.78 is 4.92. The van der Waals surface area contributed by atoms with Gasteiger partial charge in [-0.25, -0.2) is 0 Å². The normalized spacial score (nSPS) is 16.8. The number of rotatable bonds is 6. The number of piperidine rings is 1. The van der Waals surface area contributed by atoms with Gasteiger partial charge in [0.15, 0.2) is 6.61 Å². The summed E-state index contributed by atoms with van der Waals surface area (Å²) in [5.74, 6) is -0.713. The number of carbonyl (C=O) groups excluding carboxylic acids is 2. The van der Waals surface area contributed by atoms with Gasteiger partial charge in [0.2, 0.25) is 0 Å². The van der Waals surface area contributed by atoms with Crippen LogP contribution in [0.25, 0.3) is 0 Å². The molecule has 0 aliphatic carbocycles. The van der Waals surface area contributed by atoms with Crippen molar-refractivity contribution in [1.29, 1.82) is 0 Å². The van der Waals surface area contributed by atoms with Crippen LogP contribution in [0.15, 0.2) is 18.2 Å². The average molecular weight is 365 g/mol. The summed E-state index contributed by atoms with van der Waals surface area (Å²) in [5.41, 5.74) is -0.986. The standard InChI is InChI=1S/C16H19N3O7/c1-11-3-2-6-17(9-11)15(20)10-26-16(21)7-12-4-5-13(18(22)23)8-14(12)19(24)25/h4-5,8,11H,2-3,6-7,9-10H2,1H3. The fourth-order valence-electron chi connectivity index (χ4n) is 2.84. The Morgan fingerprint density at radius 1 is 1.27 bits per heavy atom. The second kappa shape index (κ2) is 8.37. The van der Waals surface area contributed by atoms with E-state index in [-0.39, 0.29) is 11.5 Å². The zero-order valence-corrected chi connectivity index (χ0v) is 14.3. The first kappa shape index (κ1) is 19.3. The molecule has 1 aliphatic heterocycles. The first-order valence-corrected chi connectivity index (χ1v) is 8.13. The maximum Gasteiger partial charge on any atom is 0.311 e. The fraction of sp³-hybridized carbons (Fsp3) is 0.500. The van der Waals surface area contributed by atoms with Gasteiger partial charge in [0.25, 0.3) is 17.3 Å². The van der Waals surface area contributed by atoms with Crippen molar-refractivity contribution >= 4 is 23.3 Å². The molecule has 0 bridgehead atoms. The molecule has 1 amide bonds. The second-order valence-electron chi connectivity index (χ2n) is 6.25. The Kier molecular flexibility index (Phi) is 6.21. The molecular formula is C16H19N3O7. The van der Waals surface area contributed by atoms with Gasteiger partial charge in [-0.05, 0) is 24.8 Å². The van der Waals surface area contributed by atoms with Crippen LogP contribution >= 0.6 is 0 Å². The second-order valence-corrected chi connectivity index (χ2v) is 6.25. The average Bonchev–Trinajstić information content (AvgIpc) is 2.59. The lowest BCUT2D eigenvalue weighted by molar-refractivity contribution is -0.394. The Balaban J connectivity index is 1.96. The van der Waals surface area contributed by atoms with Crippen molar-refractivity contribution in [1.82, 2.24) is 4.90 Å².